The van der Waals surface area contributed by atoms with Crippen LogP contribution >= 0.6 is 0 Å². The van der Waals surface area contributed by atoms with Gasteiger partial charge in [0.25, 0.3) is 0 Å². The minimum Gasteiger partial charge on any atom is -1.00 e. The smallest absolute Gasteiger partial charge is 1.00 e. The first-order valence-electron chi connectivity index (χ1n) is 4.07. The summed E-state index contributed by atoms with van der Waals surface area (Å²) in [6.07, 6.45) is 1.81. The maximum Gasteiger partial charge on any atom is 1.00 e. The van der Waals surface area contributed by atoms with Crippen LogP contribution in [0.3, 0.4) is 0 Å². The van der Waals surface area contributed by atoms with Crippen LogP contribution in [0.1, 0.15) is 30.7 Å². The molecule has 1 N–H and O–H groups in total. The molecule has 2 nitrogen and oxygen atoms in total. The van der Waals surface area contributed by atoms with Crippen LogP contribution in [0.4, 0.5) is 0 Å². The zero-order valence-corrected chi connectivity index (χ0v) is 10.1. The molecule has 1 aromatic rings. The van der Waals surface area contributed by atoms with Crippen molar-refractivity contribution >= 4 is 5.97 Å². The zero-order chi connectivity index (χ0) is 8.97. The molecule has 13 heavy (non-hydrogen) atoms. The number of carboxylic acids is 1. The van der Waals surface area contributed by atoms with Gasteiger partial charge in [-0.2, -0.15) is 0 Å². The predicted molar refractivity (Wildman–Crippen MR) is 48.5 cm³/mol. The van der Waals surface area contributed by atoms with E-state index >= 15 is 0 Å². The van der Waals surface area contributed by atoms with Gasteiger partial charge in [0.05, 0.1) is 5.56 Å². The molecule has 1 aromatic carbocycles. The average Bonchev–Trinajstić information content (AvgIpc) is 2.05. The molecule has 0 aliphatic rings. The van der Waals surface area contributed by atoms with Crippen LogP contribution in [0.25, 0.3) is 0 Å². The number of hydrogen-bond acceptors (Lipinski definition) is 1. The van der Waals surface area contributed by atoms with Crippen LogP contribution in [0.15, 0.2) is 24.3 Å². The Labute approximate surface area is 102 Å². The molecule has 0 spiro atoms. The number of rotatable bonds is 3. The Hall–Kier alpha value is -0.310. The average molecular weight is 188 g/mol. The van der Waals surface area contributed by atoms with Gasteiger partial charge in [0.2, 0.25) is 0 Å². The van der Waals surface area contributed by atoms with Gasteiger partial charge in [-0.1, -0.05) is 31.5 Å². The van der Waals surface area contributed by atoms with Crippen LogP contribution in [0, 0.1) is 0 Å². The summed E-state index contributed by atoms with van der Waals surface area (Å²) in [5, 5.41) is 8.79. The minimum absolute atomic E-state index is 0. The monoisotopic (exact) mass is 188 g/mol. The molecule has 0 unspecified atom stereocenters. The van der Waals surface area contributed by atoms with Crippen molar-refractivity contribution in [3.8, 4) is 0 Å². The van der Waals surface area contributed by atoms with Crippen LogP contribution in [-0.2, 0) is 6.42 Å². The molecule has 0 aliphatic carbocycles. The van der Waals surface area contributed by atoms with E-state index in [4.69, 9.17) is 5.11 Å². The van der Waals surface area contributed by atoms with Crippen LogP contribution in [0.5, 0.6) is 0 Å². The van der Waals surface area contributed by atoms with Crippen molar-refractivity contribution in [1.29, 1.82) is 0 Å². The van der Waals surface area contributed by atoms with Gasteiger partial charge in [0.1, 0.15) is 0 Å². The molecule has 0 amide bonds. The fraction of sp³-hybridized carbons (Fsp3) is 0.300. The zero-order valence-electron chi connectivity index (χ0n) is 9.08. The van der Waals surface area contributed by atoms with E-state index in [9.17, 15) is 4.79 Å². The molecule has 1 rings (SSSR count). The second-order valence-corrected chi connectivity index (χ2v) is 2.71. The van der Waals surface area contributed by atoms with Crippen molar-refractivity contribution in [2.24, 2.45) is 0 Å². The normalized spacial score (nSPS) is 9.00. The topological polar surface area (TPSA) is 37.3 Å². The van der Waals surface area contributed by atoms with Crippen molar-refractivity contribution in [2.45, 2.75) is 19.8 Å². The maximum atomic E-state index is 10.7. The number of carboxylic acid groups (broad SMARTS) is 1. The second kappa shape index (κ2) is 6.19. The summed E-state index contributed by atoms with van der Waals surface area (Å²) in [6, 6.07) is 7.14. The Balaban J connectivity index is 0. The van der Waals surface area contributed by atoms with Gasteiger partial charge in [-0.05, 0) is 18.1 Å². The van der Waals surface area contributed by atoms with Gasteiger partial charge in [-0.25, -0.2) is 4.79 Å². The Morgan fingerprint density at radius 2 is 2.08 bits per heavy atom. The molecule has 66 valence electrons. The minimum atomic E-state index is -0.834. The van der Waals surface area contributed by atoms with Crippen LogP contribution in [0.2, 0.25) is 0 Å². The van der Waals surface area contributed by atoms with Gasteiger partial charge in [-0.15, -0.1) is 0 Å². The number of aryl methyl sites for hydroxylation is 1. The third kappa shape index (κ3) is 3.51. The summed E-state index contributed by atoms with van der Waals surface area (Å²) in [6.45, 7) is 2.04. The van der Waals surface area contributed by atoms with E-state index in [1.165, 1.54) is 0 Å². The van der Waals surface area contributed by atoms with Crippen molar-refractivity contribution < 1.29 is 40.9 Å². The first kappa shape index (κ1) is 12.7. The molecule has 0 heterocycles. The Morgan fingerprint density at radius 1 is 1.46 bits per heavy atom. The van der Waals surface area contributed by atoms with E-state index in [0.29, 0.717) is 5.56 Å². The standard InChI is InChI=1S/C10H12O2.Na.H/c1-2-5-8-6-3-4-7-9(8)10(11)12;;/h3-4,6-7H,2,5H2,1H3,(H,11,12);;/q;+1;-1. The van der Waals surface area contributed by atoms with Crippen LogP contribution < -0.4 is 29.6 Å². The molecule has 0 saturated carbocycles. The number of benzene rings is 1. The van der Waals surface area contributed by atoms with E-state index in [1.807, 2.05) is 19.1 Å². The molecule has 0 saturated heterocycles. The maximum absolute atomic E-state index is 10.7. The summed E-state index contributed by atoms with van der Waals surface area (Å²) in [4.78, 5) is 10.7. The number of hydrogen-bond donors (Lipinski definition) is 1. The van der Waals surface area contributed by atoms with E-state index in [2.05, 4.69) is 0 Å². The molecule has 0 bridgehead atoms. The Kier molecular flexibility index (Phi) is 6.04. The molecular formula is C10H13NaO2. The fourth-order valence-electron chi connectivity index (χ4n) is 1.22. The summed E-state index contributed by atoms with van der Waals surface area (Å²) in [5.41, 5.74) is 1.35. The van der Waals surface area contributed by atoms with Crippen molar-refractivity contribution in [1.82, 2.24) is 0 Å². The molecular weight excluding hydrogens is 175 g/mol. The van der Waals surface area contributed by atoms with E-state index in [-0.39, 0.29) is 31.0 Å². The Morgan fingerprint density at radius 3 is 2.62 bits per heavy atom. The Bertz CT molecular complexity index is 289. The molecule has 0 atom stereocenters. The number of carbonyl (C=O) groups is 1. The first-order valence-corrected chi connectivity index (χ1v) is 4.07. The van der Waals surface area contributed by atoms with Gasteiger partial charge >= 0.3 is 35.5 Å². The van der Waals surface area contributed by atoms with Gasteiger partial charge < -0.3 is 6.53 Å². The van der Waals surface area contributed by atoms with E-state index in [1.54, 1.807) is 12.1 Å². The third-order valence-electron chi connectivity index (χ3n) is 1.77. The van der Waals surface area contributed by atoms with E-state index < -0.39 is 5.97 Å². The molecule has 0 aliphatic heterocycles. The van der Waals surface area contributed by atoms with Gasteiger partial charge in [0, 0.05) is 0 Å². The SMILES string of the molecule is CCCc1ccccc1C(=O)O.[H-].[Na+]. The van der Waals surface area contributed by atoms with Gasteiger partial charge in [0.15, 0.2) is 0 Å². The fourth-order valence-corrected chi connectivity index (χ4v) is 1.22. The quantitative estimate of drug-likeness (QED) is 0.646. The summed E-state index contributed by atoms with van der Waals surface area (Å²) in [7, 11) is 0. The predicted octanol–water partition coefficient (Wildman–Crippen LogP) is -0.546. The van der Waals surface area contributed by atoms with Crippen LogP contribution in [-0.4, -0.2) is 11.1 Å². The molecule has 0 radical (unpaired) electrons. The molecule has 0 fully saturated rings. The summed E-state index contributed by atoms with van der Waals surface area (Å²) in [5.74, 6) is -0.834. The van der Waals surface area contributed by atoms with Crippen molar-refractivity contribution in [3.05, 3.63) is 35.4 Å². The third-order valence-corrected chi connectivity index (χ3v) is 1.77. The summed E-state index contributed by atoms with van der Waals surface area (Å²) < 4.78 is 0. The van der Waals surface area contributed by atoms with E-state index in [0.717, 1.165) is 18.4 Å². The molecule has 3 heteroatoms. The first-order chi connectivity index (χ1) is 5.75. The molecule has 0 aromatic heterocycles. The van der Waals surface area contributed by atoms with Gasteiger partial charge in [-0.3, -0.25) is 0 Å². The number of aromatic carboxylic acids is 1. The van der Waals surface area contributed by atoms with Crippen molar-refractivity contribution in [2.75, 3.05) is 0 Å². The summed E-state index contributed by atoms with van der Waals surface area (Å²) >= 11 is 0. The second-order valence-electron chi connectivity index (χ2n) is 2.71. The van der Waals surface area contributed by atoms with Crippen molar-refractivity contribution in [3.63, 3.8) is 0 Å². The largest absolute Gasteiger partial charge is 1.00 e.